The number of fused-ring (bicyclic) bond motifs is 1. The first-order valence-corrected chi connectivity index (χ1v) is 11.4. The summed E-state index contributed by atoms with van der Waals surface area (Å²) in [7, 11) is 4.49. The minimum atomic E-state index is -0.493. The summed E-state index contributed by atoms with van der Waals surface area (Å²) in [6.07, 6.45) is 1.96. The lowest BCUT2D eigenvalue weighted by Gasteiger charge is -2.20. The number of hydrogen-bond acceptors (Lipinski definition) is 6. The lowest BCUT2D eigenvalue weighted by molar-refractivity contribution is 0.0607. The summed E-state index contributed by atoms with van der Waals surface area (Å²) in [5.41, 5.74) is 3.40. The zero-order valence-corrected chi connectivity index (χ0v) is 19.8. The molecule has 4 rings (SSSR count). The summed E-state index contributed by atoms with van der Waals surface area (Å²) < 4.78 is 15.7. The van der Waals surface area contributed by atoms with Crippen LogP contribution in [0.5, 0.6) is 11.5 Å². The van der Waals surface area contributed by atoms with E-state index in [1.54, 1.807) is 25.7 Å². The van der Waals surface area contributed by atoms with E-state index in [1.807, 2.05) is 48.7 Å². The number of methoxy groups -OCH3 is 3. The normalized spacial score (nSPS) is 11.6. The molecule has 3 N–H and O–H groups in total. The van der Waals surface area contributed by atoms with Gasteiger partial charge in [0, 0.05) is 29.6 Å². The van der Waals surface area contributed by atoms with Crippen LogP contribution in [0.3, 0.4) is 0 Å². The number of urea groups is 1. The standard InChI is InChI=1S/C25H25N3O5S/c1-31-21-9-8-15(12-22(21)32-2)17(18-14-26-19-7-5-4-6-16(18)19)13-27-25(30)28-20-10-11-34-23(20)24(29)33-3/h4-12,14,17,26H,13H2,1-3H3,(H2,27,28,30)/t17-/m0/s1. The van der Waals surface area contributed by atoms with E-state index in [2.05, 4.69) is 15.6 Å². The summed E-state index contributed by atoms with van der Waals surface area (Å²) in [5, 5.41) is 8.47. The van der Waals surface area contributed by atoms with Gasteiger partial charge in [0.25, 0.3) is 0 Å². The fraction of sp³-hybridized carbons (Fsp3) is 0.200. The molecule has 0 aliphatic heterocycles. The van der Waals surface area contributed by atoms with Crippen molar-refractivity contribution < 1.29 is 23.8 Å². The Morgan fingerprint density at radius 2 is 1.82 bits per heavy atom. The quantitative estimate of drug-likeness (QED) is 0.309. The third-order valence-electron chi connectivity index (χ3n) is 5.56. The Morgan fingerprint density at radius 1 is 1.03 bits per heavy atom. The third kappa shape index (κ3) is 4.69. The minimum Gasteiger partial charge on any atom is -0.493 e. The molecule has 2 aromatic carbocycles. The number of anilines is 1. The van der Waals surface area contributed by atoms with Crippen LogP contribution in [0.25, 0.3) is 10.9 Å². The van der Waals surface area contributed by atoms with Crippen molar-refractivity contribution in [1.29, 1.82) is 0 Å². The molecule has 0 radical (unpaired) electrons. The molecule has 34 heavy (non-hydrogen) atoms. The van der Waals surface area contributed by atoms with Gasteiger partial charge in [-0.15, -0.1) is 11.3 Å². The number of carbonyl (C=O) groups is 2. The predicted molar refractivity (Wildman–Crippen MR) is 132 cm³/mol. The van der Waals surface area contributed by atoms with Crippen molar-refractivity contribution in [2.45, 2.75) is 5.92 Å². The number of para-hydroxylation sites is 1. The van der Waals surface area contributed by atoms with E-state index >= 15 is 0 Å². The van der Waals surface area contributed by atoms with E-state index in [0.717, 1.165) is 22.0 Å². The Bertz CT molecular complexity index is 1310. The second-order valence-electron chi connectivity index (χ2n) is 7.45. The smallest absolute Gasteiger partial charge is 0.350 e. The minimum absolute atomic E-state index is 0.177. The first kappa shape index (κ1) is 23.2. The third-order valence-corrected chi connectivity index (χ3v) is 6.45. The number of H-pyrrole nitrogens is 1. The van der Waals surface area contributed by atoms with Crippen LogP contribution < -0.4 is 20.1 Å². The molecule has 0 spiro atoms. The number of thiophene rings is 1. The molecule has 0 unspecified atom stereocenters. The highest BCUT2D eigenvalue weighted by Crippen LogP contribution is 2.35. The van der Waals surface area contributed by atoms with Gasteiger partial charge in [-0.25, -0.2) is 9.59 Å². The first-order chi connectivity index (χ1) is 16.5. The van der Waals surface area contributed by atoms with E-state index in [-0.39, 0.29) is 5.92 Å². The summed E-state index contributed by atoms with van der Waals surface area (Å²) in [6, 6.07) is 15.0. The van der Waals surface area contributed by atoms with Crippen LogP contribution in [0.15, 0.2) is 60.1 Å². The number of rotatable bonds is 8. The molecular formula is C25H25N3O5S. The Balaban J connectivity index is 1.61. The molecule has 0 saturated heterocycles. The second-order valence-corrected chi connectivity index (χ2v) is 8.36. The van der Waals surface area contributed by atoms with Crippen molar-refractivity contribution in [2.75, 3.05) is 33.2 Å². The molecule has 2 aromatic heterocycles. The molecular weight excluding hydrogens is 454 g/mol. The number of amides is 2. The van der Waals surface area contributed by atoms with Gasteiger partial charge in [-0.05, 0) is 40.8 Å². The van der Waals surface area contributed by atoms with Crippen molar-refractivity contribution in [3.63, 3.8) is 0 Å². The van der Waals surface area contributed by atoms with Crippen molar-refractivity contribution in [3.05, 3.63) is 76.1 Å². The lowest BCUT2D eigenvalue weighted by atomic mass is 9.90. The molecule has 0 bridgehead atoms. The molecule has 2 heterocycles. The zero-order chi connectivity index (χ0) is 24.1. The Hall–Kier alpha value is -3.98. The highest BCUT2D eigenvalue weighted by Gasteiger charge is 2.22. The number of aromatic nitrogens is 1. The average molecular weight is 480 g/mol. The average Bonchev–Trinajstić information content (AvgIpc) is 3.51. The van der Waals surface area contributed by atoms with Gasteiger partial charge in [-0.3, -0.25) is 0 Å². The molecule has 0 saturated carbocycles. The maximum absolute atomic E-state index is 12.7. The van der Waals surface area contributed by atoms with Gasteiger partial charge < -0.3 is 29.8 Å². The van der Waals surface area contributed by atoms with Crippen molar-refractivity contribution in [3.8, 4) is 11.5 Å². The van der Waals surface area contributed by atoms with Crippen LogP contribution in [0, 0.1) is 0 Å². The highest BCUT2D eigenvalue weighted by atomic mass is 32.1. The molecule has 9 heteroatoms. The van der Waals surface area contributed by atoms with Gasteiger partial charge in [0.2, 0.25) is 0 Å². The van der Waals surface area contributed by atoms with Crippen LogP contribution in [0.1, 0.15) is 26.7 Å². The van der Waals surface area contributed by atoms with Crippen LogP contribution in [0.4, 0.5) is 10.5 Å². The molecule has 0 aliphatic carbocycles. The number of esters is 1. The van der Waals surface area contributed by atoms with Gasteiger partial charge >= 0.3 is 12.0 Å². The van der Waals surface area contributed by atoms with E-state index in [1.165, 1.54) is 18.4 Å². The van der Waals surface area contributed by atoms with Crippen LogP contribution in [0.2, 0.25) is 0 Å². The molecule has 4 aromatic rings. The SMILES string of the molecule is COC(=O)c1sccc1NC(=O)NC[C@@H](c1ccc(OC)c(OC)c1)c1c[nH]c2ccccc12. The monoisotopic (exact) mass is 479 g/mol. The Morgan fingerprint density at radius 3 is 2.59 bits per heavy atom. The number of hydrogen-bond donors (Lipinski definition) is 3. The van der Waals surface area contributed by atoms with Crippen LogP contribution >= 0.6 is 11.3 Å². The maximum atomic E-state index is 12.7. The van der Waals surface area contributed by atoms with Crippen LogP contribution in [-0.4, -0.2) is 44.9 Å². The van der Waals surface area contributed by atoms with Gasteiger partial charge in [-0.2, -0.15) is 0 Å². The fourth-order valence-corrected chi connectivity index (χ4v) is 4.64. The second kappa shape index (κ2) is 10.3. The Kier molecular flexibility index (Phi) is 7.03. The summed E-state index contributed by atoms with van der Waals surface area (Å²) in [5.74, 6) is 0.564. The molecule has 0 fully saturated rings. The molecule has 0 aliphatic rings. The molecule has 1 atom stereocenters. The lowest BCUT2D eigenvalue weighted by Crippen LogP contribution is -2.33. The van der Waals surface area contributed by atoms with E-state index in [9.17, 15) is 9.59 Å². The van der Waals surface area contributed by atoms with Gasteiger partial charge in [-0.1, -0.05) is 24.3 Å². The van der Waals surface area contributed by atoms with Crippen LogP contribution in [-0.2, 0) is 4.74 Å². The van der Waals surface area contributed by atoms with Gasteiger partial charge in [0.15, 0.2) is 11.5 Å². The topological polar surface area (TPSA) is 102 Å². The highest BCUT2D eigenvalue weighted by molar-refractivity contribution is 7.12. The number of aromatic amines is 1. The molecule has 8 nitrogen and oxygen atoms in total. The maximum Gasteiger partial charge on any atom is 0.350 e. The van der Waals surface area contributed by atoms with E-state index < -0.39 is 12.0 Å². The first-order valence-electron chi connectivity index (χ1n) is 10.5. The number of nitrogens with one attached hydrogen (secondary N) is 3. The van der Waals surface area contributed by atoms with Gasteiger partial charge in [0.1, 0.15) is 4.88 Å². The van der Waals surface area contributed by atoms with Crippen molar-refractivity contribution >= 4 is 39.9 Å². The number of benzene rings is 2. The summed E-state index contributed by atoms with van der Waals surface area (Å²) in [6.45, 7) is 0.306. The largest absolute Gasteiger partial charge is 0.493 e. The fourth-order valence-electron chi connectivity index (χ4n) is 3.88. The number of carbonyl (C=O) groups excluding carboxylic acids is 2. The van der Waals surface area contributed by atoms with Gasteiger partial charge in [0.05, 0.1) is 27.0 Å². The van der Waals surface area contributed by atoms with Crippen molar-refractivity contribution in [1.82, 2.24) is 10.3 Å². The summed E-state index contributed by atoms with van der Waals surface area (Å²) >= 11 is 1.21. The van der Waals surface area contributed by atoms with E-state index in [4.69, 9.17) is 14.2 Å². The Labute approximate surface area is 200 Å². The predicted octanol–water partition coefficient (Wildman–Crippen LogP) is 4.99. The molecule has 2 amide bonds. The summed E-state index contributed by atoms with van der Waals surface area (Å²) in [4.78, 5) is 28.3. The van der Waals surface area contributed by atoms with Crippen molar-refractivity contribution in [2.24, 2.45) is 0 Å². The van der Waals surface area contributed by atoms with E-state index in [0.29, 0.717) is 28.6 Å². The number of ether oxygens (including phenoxy) is 3. The molecule has 176 valence electrons. The zero-order valence-electron chi connectivity index (χ0n) is 19.0.